The maximum atomic E-state index is 13.2. The molecule has 0 radical (unpaired) electrons. The number of rotatable bonds is 1. The minimum absolute atomic E-state index is 0.102. The molecule has 3 rings (SSSR count). The van der Waals surface area contributed by atoms with Gasteiger partial charge >= 0.3 is 6.18 Å². The molecule has 0 saturated heterocycles. The van der Waals surface area contributed by atoms with Crippen LogP contribution in [0.5, 0.6) is 0 Å². The van der Waals surface area contributed by atoms with Crippen molar-refractivity contribution in [2.24, 2.45) is 0 Å². The highest BCUT2D eigenvalue weighted by Crippen LogP contribution is 2.40. The Hall–Kier alpha value is -2.76. The van der Waals surface area contributed by atoms with Crippen molar-refractivity contribution in [1.29, 1.82) is 0 Å². The van der Waals surface area contributed by atoms with Crippen LogP contribution in [0.3, 0.4) is 0 Å². The van der Waals surface area contributed by atoms with E-state index in [1.54, 1.807) is 24.3 Å². The van der Waals surface area contributed by atoms with Gasteiger partial charge in [0.25, 0.3) is 5.56 Å². The fraction of sp³-hybridized carbons (Fsp3) is 0.0625. The van der Waals surface area contributed by atoms with Crippen molar-refractivity contribution >= 4 is 16.6 Å². The zero-order valence-corrected chi connectivity index (χ0v) is 11.2. The number of benzene rings is 2. The molecule has 22 heavy (non-hydrogen) atoms. The van der Waals surface area contributed by atoms with Crippen molar-refractivity contribution in [3.63, 3.8) is 0 Å². The van der Waals surface area contributed by atoms with Crippen LogP contribution in [-0.2, 0) is 6.18 Å². The highest BCUT2D eigenvalue weighted by Gasteiger charge is 2.34. The van der Waals surface area contributed by atoms with E-state index in [0.717, 1.165) is 6.07 Å². The van der Waals surface area contributed by atoms with Gasteiger partial charge in [-0.25, -0.2) is 0 Å². The third kappa shape index (κ3) is 2.22. The minimum Gasteiger partial charge on any atom is -0.394 e. The number of anilines is 1. The lowest BCUT2D eigenvalue weighted by Gasteiger charge is -2.15. The molecule has 1 aromatic heterocycles. The summed E-state index contributed by atoms with van der Waals surface area (Å²) in [6.45, 7) is 0. The van der Waals surface area contributed by atoms with Crippen LogP contribution in [0.15, 0.2) is 53.3 Å². The number of aromatic amines is 1. The highest BCUT2D eigenvalue weighted by molar-refractivity contribution is 6.00. The third-order valence-electron chi connectivity index (χ3n) is 3.46. The highest BCUT2D eigenvalue weighted by atomic mass is 19.4. The number of nitrogen functional groups attached to an aromatic ring is 1. The van der Waals surface area contributed by atoms with E-state index >= 15 is 0 Å². The summed E-state index contributed by atoms with van der Waals surface area (Å²) in [4.78, 5) is 14.5. The van der Waals surface area contributed by atoms with Crippen molar-refractivity contribution in [2.45, 2.75) is 6.18 Å². The quantitative estimate of drug-likeness (QED) is 0.718. The molecule has 0 bridgehead atoms. The Morgan fingerprint density at radius 1 is 0.955 bits per heavy atom. The maximum Gasteiger partial charge on any atom is 0.417 e. The van der Waals surface area contributed by atoms with Gasteiger partial charge in [-0.1, -0.05) is 36.4 Å². The van der Waals surface area contributed by atoms with Gasteiger partial charge in [-0.05, 0) is 17.7 Å². The van der Waals surface area contributed by atoms with E-state index in [9.17, 15) is 18.0 Å². The second-order valence-electron chi connectivity index (χ2n) is 4.83. The molecule has 0 spiro atoms. The fourth-order valence-electron chi connectivity index (χ4n) is 2.50. The number of hydrogen-bond acceptors (Lipinski definition) is 2. The topological polar surface area (TPSA) is 58.9 Å². The standard InChI is InChI=1S/C16H11F3N2O/c17-16(18,19)11-7-3-1-5-9(11)13-10-6-2-4-8-12(10)21-15(22)14(13)20/h1-8H,20H2,(H,21,22). The molecule has 0 aliphatic heterocycles. The molecule has 0 atom stereocenters. The van der Waals surface area contributed by atoms with Crippen LogP contribution >= 0.6 is 0 Å². The summed E-state index contributed by atoms with van der Waals surface area (Å²) in [6, 6.07) is 11.7. The molecule has 0 aliphatic rings. The number of para-hydroxylation sites is 1. The van der Waals surface area contributed by atoms with Gasteiger partial charge in [-0.15, -0.1) is 0 Å². The normalized spacial score (nSPS) is 11.8. The SMILES string of the molecule is Nc1c(-c2ccccc2C(F)(F)F)c2ccccc2[nH]c1=O. The molecule has 1 heterocycles. The molecule has 0 amide bonds. The number of pyridine rings is 1. The summed E-state index contributed by atoms with van der Waals surface area (Å²) in [5.41, 5.74) is 4.57. The van der Waals surface area contributed by atoms with Gasteiger partial charge in [0, 0.05) is 16.5 Å². The lowest BCUT2D eigenvalue weighted by molar-refractivity contribution is -0.137. The van der Waals surface area contributed by atoms with Crippen molar-refractivity contribution in [1.82, 2.24) is 4.98 Å². The largest absolute Gasteiger partial charge is 0.417 e. The Labute approximate surface area is 123 Å². The lowest BCUT2D eigenvalue weighted by atomic mass is 9.95. The van der Waals surface area contributed by atoms with E-state index < -0.39 is 17.3 Å². The Balaban J connectivity index is 2.47. The molecule has 3 aromatic rings. The van der Waals surface area contributed by atoms with Crippen LogP contribution in [0.1, 0.15) is 5.56 Å². The molecular formula is C16H11F3N2O. The van der Waals surface area contributed by atoms with Gasteiger partial charge in [-0.2, -0.15) is 13.2 Å². The molecule has 3 N–H and O–H groups in total. The minimum atomic E-state index is -4.53. The first-order valence-electron chi connectivity index (χ1n) is 6.46. The Kier molecular flexibility index (Phi) is 3.16. The van der Waals surface area contributed by atoms with Gasteiger partial charge in [0.15, 0.2) is 0 Å². The third-order valence-corrected chi connectivity index (χ3v) is 3.46. The van der Waals surface area contributed by atoms with E-state index in [2.05, 4.69) is 4.98 Å². The van der Waals surface area contributed by atoms with Crippen molar-refractivity contribution in [3.05, 3.63) is 64.4 Å². The first-order chi connectivity index (χ1) is 10.4. The number of nitrogens with two attached hydrogens (primary N) is 1. The first-order valence-corrected chi connectivity index (χ1v) is 6.46. The van der Waals surface area contributed by atoms with Crippen LogP contribution < -0.4 is 11.3 Å². The van der Waals surface area contributed by atoms with Crippen LogP contribution in [0.25, 0.3) is 22.0 Å². The van der Waals surface area contributed by atoms with Crippen LogP contribution in [0.2, 0.25) is 0 Å². The maximum absolute atomic E-state index is 13.2. The van der Waals surface area contributed by atoms with Gasteiger partial charge in [0.05, 0.1) is 5.56 Å². The molecule has 0 saturated carbocycles. The van der Waals surface area contributed by atoms with E-state index in [-0.39, 0.29) is 16.8 Å². The number of aromatic nitrogens is 1. The van der Waals surface area contributed by atoms with E-state index in [1.165, 1.54) is 18.2 Å². The zero-order chi connectivity index (χ0) is 15.9. The molecule has 3 nitrogen and oxygen atoms in total. The molecule has 6 heteroatoms. The zero-order valence-electron chi connectivity index (χ0n) is 11.2. The smallest absolute Gasteiger partial charge is 0.394 e. The van der Waals surface area contributed by atoms with Gasteiger partial charge in [0.2, 0.25) is 0 Å². The summed E-state index contributed by atoms with van der Waals surface area (Å²) < 4.78 is 39.7. The average Bonchev–Trinajstić information content (AvgIpc) is 2.48. The predicted molar refractivity (Wildman–Crippen MR) is 79.4 cm³/mol. The van der Waals surface area contributed by atoms with Crippen LogP contribution in [0.4, 0.5) is 18.9 Å². The summed E-state index contributed by atoms with van der Waals surface area (Å²) in [7, 11) is 0. The average molecular weight is 304 g/mol. The fourth-order valence-corrected chi connectivity index (χ4v) is 2.50. The second kappa shape index (κ2) is 4.91. The van der Waals surface area contributed by atoms with Crippen LogP contribution in [0, 0.1) is 0 Å². The number of halogens is 3. The molecule has 0 fully saturated rings. The lowest BCUT2D eigenvalue weighted by Crippen LogP contribution is -2.15. The van der Waals surface area contributed by atoms with Crippen molar-refractivity contribution < 1.29 is 13.2 Å². The second-order valence-corrected chi connectivity index (χ2v) is 4.83. The van der Waals surface area contributed by atoms with Crippen molar-refractivity contribution in [2.75, 3.05) is 5.73 Å². The molecule has 112 valence electrons. The first kappa shape index (κ1) is 14.2. The number of fused-ring (bicyclic) bond motifs is 1. The number of H-pyrrole nitrogens is 1. The monoisotopic (exact) mass is 304 g/mol. The molecule has 0 unspecified atom stereocenters. The van der Waals surface area contributed by atoms with E-state index in [1.807, 2.05) is 0 Å². The van der Waals surface area contributed by atoms with Gasteiger partial charge in [0.1, 0.15) is 5.69 Å². The number of hydrogen-bond donors (Lipinski definition) is 2. The predicted octanol–water partition coefficient (Wildman–Crippen LogP) is 3.80. The Morgan fingerprint density at radius 2 is 1.59 bits per heavy atom. The number of nitrogens with one attached hydrogen (secondary N) is 1. The molecular weight excluding hydrogens is 293 g/mol. The molecule has 0 aliphatic carbocycles. The summed E-state index contributed by atoms with van der Waals surface area (Å²) in [6.07, 6.45) is -4.53. The van der Waals surface area contributed by atoms with Gasteiger partial charge < -0.3 is 10.7 Å². The van der Waals surface area contributed by atoms with Crippen LogP contribution in [-0.4, -0.2) is 4.98 Å². The summed E-state index contributed by atoms with van der Waals surface area (Å²) >= 11 is 0. The molecule has 2 aromatic carbocycles. The van der Waals surface area contributed by atoms with Gasteiger partial charge in [-0.3, -0.25) is 4.79 Å². The summed E-state index contributed by atoms with van der Waals surface area (Å²) in [5, 5.41) is 0.469. The Bertz CT molecular complexity index is 913. The summed E-state index contributed by atoms with van der Waals surface area (Å²) in [5.74, 6) is 0. The van der Waals surface area contributed by atoms with Crippen molar-refractivity contribution in [3.8, 4) is 11.1 Å². The van der Waals surface area contributed by atoms with E-state index in [0.29, 0.717) is 10.9 Å². The number of alkyl halides is 3. The van der Waals surface area contributed by atoms with E-state index in [4.69, 9.17) is 5.73 Å². The Morgan fingerprint density at radius 3 is 2.32 bits per heavy atom.